The van der Waals surface area contributed by atoms with Gasteiger partial charge in [-0.3, -0.25) is 9.59 Å². The fourth-order valence-corrected chi connectivity index (χ4v) is 4.15. The first-order valence-corrected chi connectivity index (χ1v) is 9.97. The molecule has 1 saturated carbocycles. The molecule has 0 radical (unpaired) electrons. The van der Waals surface area contributed by atoms with Crippen LogP contribution in [0.3, 0.4) is 0 Å². The molecule has 0 spiro atoms. The molecule has 0 aromatic rings. The maximum Gasteiger partial charge on any atom is 0.408 e. The number of nitrogens with zero attached hydrogens (tertiary/aromatic N) is 2. The van der Waals surface area contributed by atoms with Crippen LogP contribution in [0.2, 0.25) is 0 Å². The van der Waals surface area contributed by atoms with Gasteiger partial charge < -0.3 is 20.4 Å². The second-order valence-corrected chi connectivity index (χ2v) is 7.83. The van der Waals surface area contributed by atoms with Gasteiger partial charge in [-0.05, 0) is 25.7 Å². The van der Waals surface area contributed by atoms with Crippen LogP contribution in [-0.4, -0.2) is 72.1 Å². The second kappa shape index (κ2) is 8.57. The van der Waals surface area contributed by atoms with Crippen LogP contribution in [0.15, 0.2) is 0 Å². The van der Waals surface area contributed by atoms with Crippen molar-refractivity contribution in [3.05, 3.63) is 0 Å². The number of urea groups is 1. The molecule has 2 atom stereocenters. The van der Waals surface area contributed by atoms with E-state index in [0.717, 1.165) is 25.7 Å². The maximum absolute atomic E-state index is 12.7. The van der Waals surface area contributed by atoms with Gasteiger partial charge in [0.05, 0.1) is 0 Å². The van der Waals surface area contributed by atoms with Gasteiger partial charge in [0.15, 0.2) is 0 Å². The van der Waals surface area contributed by atoms with Crippen LogP contribution < -0.4 is 10.6 Å². The van der Waals surface area contributed by atoms with Gasteiger partial charge in [0.25, 0.3) is 0 Å². The molecule has 2 aliphatic heterocycles. The van der Waals surface area contributed by atoms with E-state index in [1.54, 1.807) is 4.90 Å². The zero-order chi connectivity index (χ0) is 20.3. The number of nitrogens with one attached hydrogen (secondary N) is 2. The van der Waals surface area contributed by atoms with Crippen molar-refractivity contribution >= 4 is 17.8 Å². The molecular weight excluding hydrogens is 377 g/mol. The number of carbonyl (C=O) groups is 3. The monoisotopic (exact) mass is 404 g/mol. The molecule has 0 bridgehead atoms. The van der Waals surface area contributed by atoms with Crippen LogP contribution in [0.5, 0.6) is 0 Å². The average molecular weight is 404 g/mol. The molecule has 7 nitrogen and oxygen atoms in total. The molecule has 2 unspecified atom stereocenters. The Kier molecular flexibility index (Phi) is 6.34. The Morgan fingerprint density at radius 3 is 2.11 bits per heavy atom. The zero-order valence-corrected chi connectivity index (χ0v) is 15.8. The van der Waals surface area contributed by atoms with Crippen molar-refractivity contribution in [3.8, 4) is 0 Å². The third-order valence-corrected chi connectivity index (χ3v) is 5.88. The lowest BCUT2D eigenvalue weighted by molar-refractivity contribution is -0.172. The largest absolute Gasteiger partial charge is 0.408 e. The van der Waals surface area contributed by atoms with Gasteiger partial charge >= 0.3 is 12.2 Å². The molecule has 2 N–H and O–H groups in total. The number of rotatable bonds is 2. The molecule has 1 aliphatic carbocycles. The lowest BCUT2D eigenvalue weighted by atomic mass is 9.92. The molecule has 2 saturated heterocycles. The molecule has 10 heteroatoms. The van der Waals surface area contributed by atoms with Gasteiger partial charge in [-0.25, -0.2) is 4.79 Å². The highest BCUT2D eigenvalue weighted by atomic mass is 19.4. The minimum Gasteiger partial charge on any atom is -0.344 e. The number of alkyl halides is 3. The molecule has 4 amide bonds. The van der Waals surface area contributed by atoms with Crippen LogP contribution in [0.1, 0.15) is 44.9 Å². The number of amides is 4. The first-order valence-electron chi connectivity index (χ1n) is 9.97. The molecular formula is C18H27F3N4O3. The molecule has 3 rings (SSSR count). The highest BCUT2D eigenvalue weighted by molar-refractivity contribution is 6.01. The summed E-state index contributed by atoms with van der Waals surface area (Å²) in [6.45, 7) is 1.26. The van der Waals surface area contributed by atoms with Gasteiger partial charge in [-0.1, -0.05) is 19.3 Å². The van der Waals surface area contributed by atoms with Crippen molar-refractivity contribution in [2.24, 2.45) is 5.92 Å². The van der Waals surface area contributed by atoms with E-state index in [4.69, 9.17) is 0 Å². The highest BCUT2D eigenvalue weighted by Gasteiger charge is 2.46. The number of hydrogen-bond acceptors (Lipinski definition) is 3. The van der Waals surface area contributed by atoms with Crippen LogP contribution in [-0.2, 0) is 9.59 Å². The molecule has 3 aliphatic rings. The van der Waals surface area contributed by atoms with Crippen LogP contribution in [0, 0.1) is 5.92 Å². The SMILES string of the molecule is O=C1NC(C(F)(F)F)CCC1C(=O)N1CCN(C(=O)NC2CCCCC2)CC1. The topological polar surface area (TPSA) is 81.8 Å². The van der Waals surface area contributed by atoms with E-state index in [9.17, 15) is 27.6 Å². The van der Waals surface area contributed by atoms with Gasteiger partial charge in [0, 0.05) is 32.2 Å². The summed E-state index contributed by atoms with van der Waals surface area (Å²) < 4.78 is 38.2. The standard InChI is InChI=1S/C18H27F3N4O3/c19-18(20,21)14-7-6-13(15(26)23-14)16(27)24-8-10-25(11-9-24)17(28)22-12-4-2-1-3-5-12/h12-14H,1-11H2,(H,22,28)(H,23,26). The lowest BCUT2D eigenvalue weighted by Gasteiger charge is -2.38. The molecule has 0 aromatic heterocycles. The van der Waals surface area contributed by atoms with E-state index in [2.05, 4.69) is 5.32 Å². The normalized spacial score (nSPS) is 27.3. The number of piperidine rings is 1. The van der Waals surface area contributed by atoms with Crippen LogP contribution in [0.25, 0.3) is 0 Å². The van der Waals surface area contributed by atoms with E-state index in [1.807, 2.05) is 5.32 Å². The van der Waals surface area contributed by atoms with Crippen molar-refractivity contribution in [2.45, 2.75) is 63.2 Å². The summed E-state index contributed by atoms with van der Waals surface area (Å²) in [5.41, 5.74) is 0. The summed E-state index contributed by atoms with van der Waals surface area (Å²) in [6, 6.07) is -1.82. The van der Waals surface area contributed by atoms with Crippen molar-refractivity contribution in [1.82, 2.24) is 20.4 Å². The van der Waals surface area contributed by atoms with Crippen molar-refractivity contribution in [1.29, 1.82) is 0 Å². The van der Waals surface area contributed by atoms with Crippen LogP contribution >= 0.6 is 0 Å². The summed E-state index contributed by atoms with van der Waals surface area (Å²) in [5, 5.41) is 4.95. The number of halogens is 3. The van der Waals surface area contributed by atoms with Gasteiger partial charge in [-0.2, -0.15) is 13.2 Å². The molecule has 0 aromatic carbocycles. The summed E-state index contributed by atoms with van der Waals surface area (Å²) >= 11 is 0. The average Bonchev–Trinajstić information content (AvgIpc) is 2.67. The fourth-order valence-electron chi connectivity index (χ4n) is 4.15. The summed E-state index contributed by atoms with van der Waals surface area (Å²) in [4.78, 5) is 40.1. The maximum atomic E-state index is 12.7. The fraction of sp³-hybridized carbons (Fsp3) is 0.833. The van der Waals surface area contributed by atoms with Gasteiger partial charge in [0.2, 0.25) is 11.8 Å². The van der Waals surface area contributed by atoms with Crippen molar-refractivity contribution in [3.63, 3.8) is 0 Å². The predicted molar refractivity (Wildman–Crippen MR) is 94.3 cm³/mol. The van der Waals surface area contributed by atoms with Crippen molar-refractivity contribution in [2.75, 3.05) is 26.2 Å². The third kappa shape index (κ3) is 4.88. The molecule has 28 heavy (non-hydrogen) atoms. The quantitative estimate of drug-likeness (QED) is 0.687. The van der Waals surface area contributed by atoms with E-state index in [1.165, 1.54) is 11.3 Å². The molecule has 158 valence electrons. The van der Waals surface area contributed by atoms with Crippen LogP contribution in [0.4, 0.5) is 18.0 Å². The summed E-state index contributed by atoms with van der Waals surface area (Å²) in [7, 11) is 0. The van der Waals surface area contributed by atoms with E-state index in [-0.39, 0.29) is 38.0 Å². The first-order chi connectivity index (χ1) is 13.3. The Hall–Kier alpha value is -2.00. The van der Waals surface area contributed by atoms with Gasteiger partial charge in [-0.15, -0.1) is 0 Å². The second-order valence-electron chi connectivity index (χ2n) is 7.83. The first kappa shape index (κ1) is 20.7. The number of hydrogen-bond donors (Lipinski definition) is 2. The smallest absolute Gasteiger partial charge is 0.344 e. The Bertz CT molecular complexity index is 599. The third-order valence-electron chi connectivity index (χ3n) is 5.88. The summed E-state index contributed by atoms with van der Waals surface area (Å²) in [6.07, 6.45) is 0.497. The Morgan fingerprint density at radius 1 is 0.929 bits per heavy atom. The van der Waals surface area contributed by atoms with Gasteiger partial charge in [0.1, 0.15) is 12.0 Å². The zero-order valence-electron chi connectivity index (χ0n) is 15.8. The minimum atomic E-state index is -4.50. The predicted octanol–water partition coefficient (Wildman–Crippen LogP) is 1.63. The van der Waals surface area contributed by atoms with E-state index in [0.29, 0.717) is 13.1 Å². The lowest BCUT2D eigenvalue weighted by Crippen LogP contribution is -2.58. The Balaban J connectivity index is 1.46. The molecule has 2 heterocycles. The Morgan fingerprint density at radius 2 is 1.54 bits per heavy atom. The van der Waals surface area contributed by atoms with E-state index >= 15 is 0 Å². The van der Waals surface area contributed by atoms with Crippen molar-refractivity contribution < 1.29 is 27.6 Å². The minimum absolute atomic E-state index is 0.114. The van der Waals surface area contributed by atoms with E-state index < -0.39 is 30.0 Å². The highest BCUT2D eigenvalue weighted by Crippen LogP contribution is 2.29. The Labute approximate surface area is 162 Å². The number of piperazine rings is 1. The molecule has 3 fully saturated rings. The number of carbonyl (C=O) groups excluding carboxylic acids is 3. The summed E-state index contributed by atoms with van der Waals surface area (Å²) in [5.74, 6) is -2.40.